The normalized spacial score (nSPS) is 24.6. The monoisotopic (exact) mass is 286 g/mol. The van der Waals surface area contributed by atoms with Gasteiger partial charge in [0.25, 0.3) is 5.91 Å². The average Bonchev–Trinajstić information content (AvgIpc) is 2.84. The van der Waals surface area contributed by atoms with Gasteiger partial charge in [0.2, 0.25) is 0 Å². The first-order valence-corrected chi connectivity index (χ1v) is 6.42. The number of carbonyl (C=O) groups excluding carboxylic acids is 1. The highest BCUT2D eigenvalue weighted by molar-refractivity contribution is 9.09. The molecule has 1 aromatic rings. The van der Waals surface area contributed by atoms with E-state index in [0.717, 1.165) is 13.0 Å². The molecule has 1 aromatic heterocycles. The molecule has 4 nitrogen and oxygen atoms in total. The molecular weight excluding hydrogens is 272 g/mol. The first-order chi connectivity index (χ1) is 7.66. The number of rotatable bonds is 3. The first-order valence-electron chi connectivity index (χ1n) is 5.50. The van der Waals surface area contributed by atoms with Gasteiger partial charge in [-0.2, -0.15) is 0 Å². The molecule has 1 amide bonds. The fraction of sp³-hybridized carbons (Fsp3) is 0.636. The number of nitrogens with one attached hydrogen (secondary N) is 1. The van der Waals surface area contributed by atoms with Crippen molar-refractivity contribution in [3.63, 3.8) is 0 Å². The average molecular weight is 287 g/mol. The molecule has 0 spiro atoms. The predicted molar refractivity (Wildman–Crippen MR) is 63.6 cm³/mol. The van der Waals surface area contributed by atoms with Crippen LogP contribution in [0, 0.1) is 12.8 Å². The Morgan fingerprint density at radius 3 is 3.06 bits per heavy atom. The van der Waals surface area contributed by atoms with E-state index >= 15 is 0 Å². The van der Waals surface area contributed by atoms with Crippen molar-refractivity contribution in [2.24, 2.45) is 5.92 Å². The number of halogens is 1. The van der Waals surface area contributed by atoms with Crippen molar-refractivity contribution >= 4 is 21.8 Å². The fourth-order valence-electron chi connectivity index (χ4n) is 2.05. The molecule has 1 aliphatic rings. The molecule has 1 aliphatic carbocycles. The summed E-state index contributed by atoms with van der Waals surface area (Å²) in [6.07, 6.45) is 4.99. The quantitative estimate of drug-likeness (QED) is 0.868. The van der Waals surface area contributed by atoms with Crippen LogP contribution in [0.4, 0.5) is 0 Å². The van der Waals surface area contributed by atoms with Gasteiger partial charge in [-0.1, -0.05) is 21.1 Å². The van der Waals surface area contributed by atoms with Crippen molar-refractivity contribution in [2.45, 2.75) is 31.0 Å². The molecule has 2 unspecified atom stereocenters. The van der Waals surface area contributed by atoms with Gasteiger partial charge >= 0.3 is 0 Å². The third kappa shape index (κ3) is 2.64. The van der Waals surface area contributed by atoms with Crippen molar-refractivity contribution in [1.29, 1.82) is 0 Å². The maximum Gasteiger partial charge on any atom is 0.256 e. The number of amides is 1. The van der Waals surface area contributed by atoms with Crippen LogP contribution in [0.15, 0.2) is 10.7 Å². The molecule has 0 bridgehead atoms. The molecule has 2 atom stereocenters. The van der Waals surface area contributed by atoms with E-state index in [1.807, 2.05) is 0 Å². The van der Waals surface area contributed by atoms with Gasteiger partial charge in [0, 0.05) is 11.4 Å². The minimum atomic E-state index is -0.0863. The van der Waals surface area contributed by atoms with Gasteiger partial charge in [-0.3, -0.25) is 4.79 Å². The zero-order chi connectivity index (χ0) is 11.5. The molecule has 1 heterocycles. The van der Waals surface area contributed by atoms with Crippen LogP contribution in [-0.4, -0.2) is 22.4 Å². The van der Waals surface area contributed by atoms with E-state index in [1.54, 1.807) is 6.92 Å². The fourth-order valence-corrected chi connectivity index (χ4v) is 2.84. The van der Waals surface area contributed by atoms with Crippen molar-refractivity contribution in [3.05, 3.63) is 17.5 Å². The molecule has 5 heteroatoms. The number of alkyl halides is 1. The number of nitrogens with zero attached hydrogens (tertiary/aromatic N) is 1. The highest BCUT2D eigenvalue weighted by Crippen LogP contribution is 2.30. The largest absolute Gasteiger partial charge is 0.361 e. The van der Waals surface area contributed by atoms with Crippen molar-refractivity contribution in [2.75, 3.05) is 6.54 Å². The second-order valence-corrected chi connectivity index (χ2v) is 5.58. The number of hydrogen-bond donors (Lipinski definition) is 1. The summed E-state index contributed by atoms with van der Waals surface area (Å²) in [6.45, 7) is 2.48. The van der Waals surface area contributed by atoms with Crippen LogP contribution in [0.25, 0.3) is 0 Å². The highest BCUT2D eigenvalue weighted by atomic mass is 79.9. The second-order valence-electron chi connectivity index (χ2n) is 4.28. The SMILES string of the molecule is Cc1oncc1C(=O)NCC1CCC(Br)C1. The van der Waals surface area contributed by atoms with Gasteiger partial charge < -0.3 is 9.84 Å². The Morgan fingerprint density at radius 2 is 2.50 bits per heavy atom. The molecule has 0 aromatic carbocycles. The first kappa shape index (κ1) is 11.6. The van der Waals surface area contributed by atoms with Crippen LogP contribution in [0.3, 0.4) is 0 Å². The van der Waals surface area contributed by atoms with E-state index in [2.05, 4.69) is 26.4 Å². The molecule has 88 valence electrons. The van der Waals surface area contributed by atoms with Gasteiger partial charge in [0.1, 0.15) is 11.3 Å². The molecule has 1 saturated carbocycles. The van der Waals surface area contributed by atoms with Gasteiger partial charge in [0.15, 0.2) is 0 Å². The van der Waals surface area contributed by atoms with Crippen LogP contribution in [-0.2, 0) is 0 Å². The van der Waals surface area contributed by atoms with E-state index < -0.39 is 0 Å². The molecule has 0 saturated heterocycles. The van der Waals surface area contributed by atoms with E-state index in [-0.39, 0.29) is 5.91 Å². The van der Waals surface area contributed by atoms with Gasteiger partial charge in [-0.15, -0.1) is 0 Å². The van der Waals surface area contributed by atoms with Gasteiger partial charge in [0.05, 0.1) is 6.20 Å². The molecule has 16 heavy (non-hydrogen) atoms. The standard InChI is InChI=1S/C11H15BrN2O2/c1-7-10(6-14-16-7)11(15)13-5-8-2-3-9(12)4-8/h6,8-9H,2-5H2,1H3,(H,13,15). The molecular formula is C11H15BrN2O2. The zero-order valence-corrected chi connectivity index (χ0v) is 10.8. The number of carbonyl (C=O) groups is 1. The Bertz CT molecular complexity index is 378. The lowest BCUT2D eigenvalue weighted by atomic mass is 10.1. The lowest BCUT2D eigenvalue weighted by Crippen LogP contribution is -2.28. The molecule has 1 fully saturated rings. The Hall–Kier alpha value is -0.840. The highest BCUT2D eigenvalue weighted by Gasteiger charge is 2.23. The summed E-state index contributed by atoms with van der Waals surface area (Å²) in [6, 6.07) is 0. The summed E-state index contributed by atoms with van der Waals surface area (Å²) in [5.74, 6) is 1.08. The smallest absolute Gasteiger partial charge is 0.256 e. The van der Waals surface area contributed by atoms with Crippen LogP contribution in [0.1, 0.15) is 35.4 Å². The van der Waals surface area contributed by atoms with Gasteiger partial charge in [-0.25, -0.2) is 0 Å². The second kappa shape index (κ2) is 4.99. The van der Waals surface area contributed by atoms with E-state index in [4.69, 9.17) is 4.52 Å². The minimum absolute atomic E-state index is 0.0863. The van der Waals surface area contributed by atoms with Crippen molar-refractivity contribution in [3.8, 4) is 0 Å². The Kier molecular flexibility index (Phi) is 3.63. The summed E-state index contributed by atoms with van der Waals surface area (Å²) in [5, 5.41) is 6.52. The van der Waals surface area contributed by atoms with Gasteiger partial charge in [-0.05, 0) is 32.1 Å². The lowest BCUT2D eigenvalue weighted by molar-refractivity contribution is 0.0946. The Labute approximate surface area is 103 Å². The topological polar surface area (TPSA) is 55.1 Å². The van der Waals surface area contributed by atoms with Crippen LogP contribution in [0.2, 0.25) is 0 Å². The Morgan fingerprint density at radius 1 is 1.69 bits per heavy atom. The number of hydrogen-bond acceptors (Lipinski definition) is 3. The summed E-state index contributed by atoms with van der Waals surface area (Å²) in [5.41, 5.74) is 0.536. The minimum Gasteiger partial charge on any atom is -0.361 e. The molecule has 0 aliphatic heterocycles. The molecule has 1 N–H and O–H groups in total. The summed E-state index contributed by atoms with van der Waals surface area (Å²) < 4.78 is 4.86. The summed E-state index contributed by atoms with van der Waals surface area (Å²) >= 11 is 3.60. The maximum atomic E-state index is 11.7. The predicted octanol–water partition coefficient (Wildman–Crippen LogP) is 2.28. The van der Waals surface area contributed by atoms with Crippen LogP contribution >= 0.6 is 15.9 Å². The molecule has 0 radical (unpaired) electrons. The number of aromatic nitrogens is 1. The molecule has 2 rings (SSSR count). The van der Waals surface area contributed by atoms with Crippen LogP contribution < -0.4 is 5.32 Å². The summed E-state index contributed by atoms with van der Waals surface area (Å²) in [4.78, 5) is 12.4. The van der Waals surface area contributed by atoms with Crippen molar-refractivity contribution < 1.29 is 9.32 Å². The van der Waals surface area contributed by atoms with E-state index in [0.29, 0.717) is 22.1 Å². The van der Waals surface area contributed by atoms with Crippen LogP contribution in [0.5, 0.6) is 0 Å². The van der Waals surface area contributed by atoms with E-state index in [1.165, 1.54) is 19.0 Å². The van der Waals surface area contributed by atoms with E-state index in [9.17, 15) is 4.79 Å². The summed E-state index contributed by atoms with van der Waals surface area (Å²) in [7, 11) is 0. The van der Waals surface area contributed by atoms with Crippen molar-refractivity contribution in [1.82, 2.24) is 10.5 Å². The maximum absolute atomic E-state index is 11.7. The third-order valence-corrected chi connectivity index (χ3v) is 3.86. The zero-order valence-electron chi connectivity index (χ0n) is 9.20. The third-order valence-electron chi connectivity index (χ3n) is 3.02. The Balaban J connectivity index is 1.82. The lowest BCUT2D eigenvalue weighted by Gasteiger charge is -2.09. The number of aryl methyl sites for hydroxylation is 1.